The summed E-state index contributed by atoms with van der Waals surface area (Å²) in [5.41, 5.74) is 0. The van der Waals surface area contributed by atoms with Gasteiger partial charge >= 0.3 is 5.97 Å². The molecule has 0 aromatic carbocycles. The van der Waals surface area contributed by atoms with Gasteiger partial charge in [-0.25, -0.2) is 0 Å². The zero-order valence-electron chi connectivity index (χ0n) is 10.3. The molecule has 0 spiro atoms. The molecule has 104 valence electrons. The SMILES string of the molecule is O=C(O)CCOC1CCN(C(=O)c2cnns2)CC1. The molecule has 0 bridgehead atoms. The van der Waals surface area contributed by atoms with Crippen LogP contribution in [0.1, 0.15) is 28.9 Å². The summed E-state index contributed by atoms with van der Waals surface area (Å²) in [6, 6.07) is 0. The predicted octanol–water partition coefficient (Wildman–Crippen LogP) is 0.634. The smallest absolute Gasteiger partial charge is 0.305 e. The van der Waals surface area contributed by atoms with Crippen LogP contribution in [0.4, 0.5) is 0 Å². The number of carboxylic acids is 1. The maximum absolute atomic E-state index is 12.0. The standard InChI is InChI=1S/C11H15N3O4S/c15-10(16)3-6-18-8-1-4-14(5-2-8)11(17)9-7-12-13-19-9/h7-8H,1-6H2,(H,15,16). The summed E-state index contributed by atoms with van der Waals surface area (Å²) in [5, 5.41) is 12.2. The van der Waals surface area contributed by atoms with Gasteiger partial charge in [0.2, 0.25) is 0 Å². The van der Waals surface area contributed by atoms with Crippen molar-refractivity contribution in [3.8, 4) is 0 Å². The highest BCUT2D eigenvalue weighted by atomic mass is 32.1. The second kappa shape index (κ2) is 6.58. The fourth-order valence-electron chi connectivity index (χ4n) is 1.96. The average molecular weight is 285 g/mol. The molecule has 1 amide bonds. The van der Waals surface area contributed by atoms with Crippen LogP contribution < -0.4 is 0 Å². The number of amides is 1. The number of carboxylic acid groups (broad SMARTS) is 1. The number of nitrogens with zero attached hydrogens (tertiary/aromatic N) is 3. The topological polar surface area (TPSA) is 92.6 Å². The quantitative estimate of drug-likeness (QED) is 0.853. The molecule has 1 saturated heterocycles. The molecular formula is C11H15N3O4S. The van der Waals surface area contributed by atoms with E-state index < -0.39 is 5.97 Å². The molecule has 0 atom stereocenters. The van der Waals surface area contributed by atoms with E-state index >= 15 is 0 Å². The minimum atomic E-state index is -0.856. The Morgan fingerprint density at radius 2 is 2.21 bits per heavy atom. The van der Waals surface area contributed by atoms with Crippen molar-refractivity contribution >= 4 is 23.4 Å². The van der Waals surface area contributed by atoms with Crippen LogP contribution in [-0.2, 0) is 9.53 Å². The molecule has 0 saturated carbocycles. The lowest BCUT2D eigenvalue weighted by atomic mass is 10.1. The van der Waals surface area contributed by atoms with Crippen molar-refractivity contribution in [2.45, 2.75) is 25.4 Å². The molecule has 19 heavy (non-hydrogen) atoms. The van der Waals surface area contributed by atoms with Gasteiger partial charge in [-0.1, -0.05) is 4.49 Å². The lowest BCUT2D eigenvalue weighted by molar-refractivity contribution is -0.138. The van der Waals surface area contributed by atoms with Crippen LogP contribution in [-0.4, -0.2) is 57.3 Å². The van der Waals surface area contributed by atoms with E-state index in [1.807, 2.05) is 0 Å². The minimum Gasteiger partial charge on any atom is -0.481 e. The van der Waals surface area contributed by atoms with Gasteiger partial charge in [-0.3, -0.25) is 9.59 Å². The molecule has 1 aromatic rings. The number of likely N-dealkylation sites (tertiary alicyclic amines) is 1. The van der Waals surface area contributed by atoms with Crippen molar-refractivity contribution in [3.63, 3.8) is 0 Å². The van der Waals surface area contributed by atoms with Gasteiger partial charge in [0.25, 0.3) is 5.91 Å². The van der Waals surface area contributed by atoms with E-state index in [4.69, 9.17) is 9.84 Å². The average Bonchev–Trinajstić information content (AvgIpc) is 2.92. The van der Waals surface area contributed by atoms with Gasteiger partial charge in [0.1, 0.15) is 4.88 Å². The van der Waals surface area contributed by atoms with E-state index in [2.05, 4.69) is 9.59 Å². The van der Waals surface area contributed by atoms with E-state index in [1.165, 1.54) is 6.20 Å². The predicted molar refractivity (Wildman–Crippen MR) is 67.0 cm³/mol. The first-order valence-electron chi connectivity index (χ1n) is 6.07. The van der Waals surface area contributed by atoms with Crippen molar-refractivity contribution in [2.75, 3.05) is 19.7 Å². The highest BCUT2D eigenvalue weighted by molar-refractivity contribution is 7.07. The second-order valence-electron chi connectivity index (χ2n) is 4.29. The van der Waals surface area contributed by atoms with E-state index in [9.17, 15) is 9.59 Å². The Bertz CT molecular complexity index is 429. The summed E-state index contributed by atoms with van der Waals surface area (Å²) in [7, 11) is 0. The molecule has 2 rings (SSSR count). The van der Waals surface area contributed by atoms with Crippen LogP contribution in [0.25, 0.3) is 0 Å². The maximum atomic E-state index is 12.0. The first kappa shape index (κ1) is 13.9. The van der Waals surface area contributed by atoms with Crippen molar-refractivity contribution in [3.05, 3.63) is 11.1 Å². The third-order valence-corrected chi connectivity index (χ3v) is 3.62. The van der Waals surface area contributed by atoms with E-state index in [1.54, 1.807) is 4.90 Å². The number of aliphatic carboxylic acids is 1. The molecule has 0 aliphatic carbocycles. The fourth-order valence-corrected chi connectivity index (χ4v) is 2.44. The van der Waals surface area contributed by atoms with Crippen LogP contribution in [0.2, 0.25) is 0 Å². The normalized spacial score (nSPS) is 16.5. The minimum absolute atomic E-state index is 0.0195. The highest BCUT2D eigenvalue weighted by Crippen LogP contribution is 2.17. The molecule has 8 heteroatoms. The van der Waals surface area contributed by atoms with Crippen molar-refractivity contribution in [1.29, 1.82) is 0 Å². The number of hydrogen-bond acceptors (Lipinski definition) is 6. The Hall–Kier alpha value is -1.54. The fraction of sp³-hybridized carbons (Fsp3) is 0.636. The Labute approximate surface area is 114 Å². The number of carbonyl (C=O) groups is 2. The van der Waals surface area contributed by atoms with Crippen molar-refractivity contribution < 1.29 is 19.4 Å². The number of rotatable bonds is 5. The Morgan fingerprint density at radius 3 is 2.79 bits per heavy atom. The largest absolute Gasteiger partial charge is 0.481 e. The van der Waals surface area contributed by atoms with Crippen LogP contribution in [0.5, 0.6) is 0 Å². The Kier molecular flexibility index (Phi) is 4.80. The van der Waals surface area contributed by atoms with Crippen LogP contribution in [0.3, 0.4) is 0 Å². The van der Waals surface area contributed by atoms with Gasteiger partial charge in [0.05, 0.1) is 25.3 Å². The molecule has 0 radical (unpaired) electrons. The molecule has 0 unspecified atom stereocenters. The van der Waals surface area contributed by atoms with Crippen LogP contribution >= 0.6 is 11.5 Å². The summed E-state index contributed by atoms with van der Waals surface area (Å²) in [6.45, 7) is 1.47. The molecule has 1 N–H and O–H groups in total. The second-order valence-corrected chi connectivity index (χ2v) is 5.07. The molecule has 7 nitrogen and oxygen atoms in total. The van der Waals surface area contributed by atoms with Gasteiger partial charge in [0.15, 0.2) is 0 Å². The summed E-state index contributed by atoms with van der Waals surface area (Å²) in [4.78, 5) is 24.7. The van der Waals surface area contributed by atoms with Gasteiger partial charge in [-0.2, -0.15) is 0 Å². The third kappa shape index (κ3) is 3.97. The van der Waals surface area contributed by atoms with E-state index in [-0.39, 0.29) is 25.0 Å². The summed E-state index contributed by atoms with van der Waals surface area (Å²) in [6.07, 6.45) is 3.01. The van der Waals surface area contributed by atoms with Gasteiger partial charge < -0.3 is 14.7 Å². The van der Waals surface area contributed by atoms with Crippen molar-refractivity contribution in [1.82, 2.24) is 14.5 Å². The molecule has 2 heterocycles. The summed E-state index contributed by atoms with van der Waals surface area (Å²) >= 11 is 1.09. The van der Waals surface area contributed by atoms with Crippen molar-refractivity contribution in [2.24, 2.45) is 0 Å². The van der Waals surface area contributed by atoms with Gasteiger partial charge in [-0.05, 0) is 24.4 Å². The number of hydrogen-bond donors (Lipinski definition) is 1. The summed E-state index contributed by atoms with van der Waals surface area (Å²) < 4.78 is 9.15. The lowest BCUT2D eigenvalue weighted by Gasteiger charge is -2.31. The Balaban J connectivity index is 1.73. The first-order chi connectivity index (χ1) is 9.16. The molecule has 1 fully saturated rings. The zero-order chi connectivity index (χ0) is 13.7. The third-order valence-electron chi connectivity index (χ3n) is 2.97. The summed E-state index contributed by atoms with van der Waals surface area (Å²) in [5.74, 6) is -0.899. The number of carbonyl (C=O) groups excluding carboxylic acids is 1. The monoisotopic (exact) mass is 285 g/mol. The molecule has 1 aliphatic heterocycles. The van der Waals surface area contributed by atoms with Crippen LogP contribution in [0.15, 0.2) is 6.20 Å². The first-order valence-corrected chi connectivity index (χ1v) is 6.84. The maximum Gasteiger partial charge on any atom is 0.305 e. The number of ether oxygens (including phenoxy) is 1. The number of piperidine rings is 1. The van der Waals surface area contributed by atoms with E-state index in [0.717, 1.165) is 24.4 Å². The van der Waals surface area contributed by atoms with Crippen LogP contribution in [0, 0.1) is 0 Å². The zero-order valence-corrected chi connectivity index (χ0v) is 11.1. The van der Waals surface area contributed by atoms with E-state index in [0.29, 0.717) is 18.0 Å². The van der Waals surface area contributed by atoms with Gasteiger partial charge in [0, 0.05) is 13.1 Å². The Morgan fingerprint density at radius 1 is 1.47 bits per heavy atom. The highest BCUT2D eigenvalue weighted by Gasteiger charge is 2.25. The van der Waals surface area contributed by atoms with Gasteiger partial charge in [-0.15, -0.1) is 5.10 Å². The number of aromatic nitrogens is 2. The molecular weight excluding hydrogens is 270 g/mol. The molecule has 1 aromatic heterocycles. The lowest BCUT2D eigenvalue weighted by Crippen LogP contribution is -2.40. The molecule has 1 aliphatic rings.